The fourth-order valence-electron chi connectivity index (χ4n) is 3.51. The number of carboxylic acids is 3. The van der Waals surface area contributed by atoms with Crippen LogP contribution in [0.4, 0.5) is 5.69 Å². The zero-order valence-corrected chi connectivity index (χ0v) is 26.9. The fourth-order valence-corrected chi connectivity index (χ4v) is 3.51. The number of aromatic carboxylic acids is 3. The Morgan fingerprint density at radius 1 is 0.667 bits per heavy atom. The summed E-state index contributed by atoms with van der Waals surface area (Å²) in [6, 6.07) is 2.36. The smallest absolute Gasteiger partial charge is 1.00 e. The van der Waals surface area contributed by atoms with E-state index >= 15 is 0 Å². The first-order chi connectivity index (χ1) is 14.4. The number of rotatable bonds is 17. The molecule has 7 nitrogen and oxygen atoms in total. The summed E-state index contributed by atoms with van der Waals surface area (Å²) in [6.07, 6.45) is 14.8. The van der Waals surface area contributed by atoms with Gasteiger partial charge in [0.2, 0.25) is 0 Å². The molecule has 0 bridgehead atoms. The summed E-state index contributed by atoms with van der Waals surface area (Å²) in [5.74, 6) is -4.51. The second kappa shape index (κ2) is 22.9. The number of anilines is 1. The van der Waals surface area contributed by atoms with Crippen molar-refractivity contribution in [3.05, 3.63) is 28.8 Å². The summed E-state index contributed by atoms with van der Waals surface area (Å²) in [5, 5.41) is 30.7. The molecule has 0 aliphatic rings. The SMILES string of the molecule is CCCCCCCCCCCCCCNc1cc(C(=O)O)c(C(=O)O)c(C(=O)O)c1.[H-].[H-].[H-].[Na+].[Na+].[Na+]. The largest absolute Gasteiger partial charge is 1.00 e. The molecule has 0 radical (unpaired) electrons. The van der Waals surface area contributed by atoms with E-state index < -0.39 is 34.6 Å². The Hall–Kier alpha value is 0.430. The van der Waals surface area contributed by atoms with Crippen molar-refractivity contribution in [1.82, 2.24) is 0 Å². The van der Waals surface area contributed by atoms with Crippen LogP contribution < -0.4 is 94.0 Å². The van der Waals surface area contributed by atoms with Crippen LogP contribution in [0.2, 0.25) is 0 Å². The Bertz CT molecular complexity index is 695. The van der Waals surface area contributed by atoms with Crippen molar-refractivity contribution in [1.29, 1.82) is 0 Å². The van der Waals surface area contributed by atoms with Crippen LogP contribution >= 0.6 is 0 Å². The molecule has 0 heterocycles. The Kier molecular flexibility index (Phi) is 26.3. The Morgan fingerprint density at radius 3 is 1.36 bits per heavy atom. The molecule has 1 aromatic carbocycles. The van der Waals surface area contributed by atoms with Crippen molar-refractivity contribution < 1.29 is 123 Å². The molecule has 0 aliphatic heterocycles. The van der Waals surface area contributed by atoms with Crippen LogP contribution in [-0.4, -0.2) is 39.8 Å². The molecule has 0 aliphatic carbocycles. The molecular weight excluding hydrogens is 455 g/mol. The summed E-state index contributed by atoms with van der Waals surface area (Å²) < 4.78 is 0. The summed E-state index contributed by atoms with van der Waals surface area (Å²) in [5.41, 5.74) is -1.46. The topological polar surface area (TPSA) is 124 Å². The average Bonchev–Trinajstić information content (AvgIpc) is 2.70. The van der Waals surface area contributed by atoms with E-state index in [2.05, 4.69) is 12.2 Å². The van der Waals surface area contributed by atoms with E-state index in [0.29, 0.717) is 12.2 Å². The molecule has 10 heteroatoms. The van der Waals surface area contributed by atoms with E-state index in [-0.39, 0.29) is 93.0 Å². The second-order valence-electron chi connectivity index (χ2n) is 7.68. The van der Waals surface area contributed by atoms with Gasteiger partial charge in [-0.3, -0.25) is 0 Å². The maximum Gasteiger partial charge on any atom is 1.00 e. The number of carboxylic acid groups (broad SMARTS) is 3. The van der Waals surface area contributed by atoms with Crippen molar-refractivity contribution in [3.63, 3.8) is 0 Å². The van der Waals surface area contributed by atoms with Gasteiger partial charge in [-0.15, -0.1) is 0 Å². The standard InChI is InChI=1S/C23H35NO6.3Na.3H/c1-2-3-4-5-6-7-8-9-10-11-12-13-14-24-17-15-18(21(25)26)20(23(29)30)19(16-17)22(27)28;;;;;;/h15-16,24H,2-14H2,1H3,(H,25,26)(H,27,28)(H,29,30);;;;;;/q;3*+1;3*-1. The molecule has 1 rings (SSSR count). The Labute approximate surface area is 268 Å². The van der Waals surface area contributed by atoms with E-state index in [9.17, 15) is 29.7 Å². The molecule has 0 saturated heterocycles. The van der Waals surface area contributed by atoms with Gasteiger partial charge in [-0.05, 0) is 18.6 Å². The molecule has 0 amide bonds. The zero-order valence-electron chi connectivity index (χ0n) is 23.9. The first-order valence-electron chi connectivity index (χ1n) is 11.0. The number of nitrogens with one attached hydrogen (secondary N) is 1. The van der Waals surface area contributed by atoms with E-state index in [4.69, 9.17) is 0 Å². The number of hydrogen-bond donors (Lipinski definition) is 4. The number of hydrogen-bond acceptors (Lipinski definition) is 4. The molecule has 0 fully saturated rings. The van der Waals surface area contributed by atoms with E-state index in [1.54, 1.807) is 0 Å². The van der Waals surface area contributed by atoms with Crippen molar-refractivity contribution in [2.24, 2.45) is 0 Å². The molecule has 0 aromatic heterocycles. The van der Waals surface area contributed by atoms with Crippen LogP contribution in [-0.2, 0) is 0 Å². The monoisotopic (exact) mass is 493 g/mol. The minimum absolute atomic E-state index is 0. The van der Waals surface area contributed by atoms with Gasteiger partial charge in [0, 0.05) is 12.2 Å². The van der Waals surface area contributed by atoms with E-state index in [0.717, 1.165) is 19.3 Å². The molecule has 174 valence electrons. The van der Waals surface area contributed by atoms with Crippen LogP contribution in [0.3, 0.4) is 0 Å². The molecule has 0 atom stereocenters. The third kappa shape index (κ3) is 15.9. The summed E-state index contributed by atoms with van der Waals surface area (Å²) >= 11 is 0. The Balaban J connectivity index is -0.000000375. The van der Waals surface area contributed by atoms with Crippen molar-refractivity contribution in [2.45, 2.75) is 84.0 Å². The maximum absolute atomic E-state index is 11.4. The predicted molar refractivity (Wildman–Crippen MR) is 120 cm³/mol. The fraction of sp³-hybridized carbons (Fsp3) is 0.609. The van der Waals surface area contributed by atoms with Gasteiger partial charge < -0.3 is 24.9 Å². The number of unbranched alkanes of at least 4 members (excludes halogenated alkanes) is 11. The minimum atomic E-state index is -1.57. The van der Waals surface area contributed by atoms with Gasteiger partial charge in [0.1, 0.15) is 0 Å². The number of benzene rings is 1. The third-order valence-corrected chi connectivity index (χ3v) is 5.17. The van der Waals surface area contributed by atoms with Crippen molar-refractivity contribution >= 4 is 23.6 Å². The molecule has 0 spiro atoms. The van der Waals surface area contributed by atoms with Gasteiger partial charge >= 0.3 is 107 Å². The van der Waals surface area contributed by atoms with Gasteiger partial charge in [0.15, 0.2) is 0 Å². The van der Waals surface area contributed by atoms with Gasteiger partial charge in [-0.1, -0.05) is 77.6 Å². The predicted octanol–water partition coefficient (Wildman–Crippen LogP) is -2.76. The quantitative estimate of drug-likeness (QED) is 0.137. The normalized spacial score (nSPS) is 9.73. The van der Waals surface area contributed by atoms with Crippen LogP contribution in [0.5, 0.6) is 0 Å². The van der Waals surface area contributed by atoms with Gasteiger partial charge in [-0.2, -0.15) is 0 Å². The van der Waals surface area contributed by atoms with Gasteiger partial charge in [0.25, 0.3) is 0 Å². The summed E-state index contributed by atoms with van der Waals surface area (Å²) in [4.78, 5) is 34.0. The molecule has 0 unspecified atom stereocenters. The van der Waals surface area contributed by atoms with E-state index in [1.165, 1.54) is 69.9 Å². The molecule has 4 N–H and O–H groups in total. The minimum Gasteiger partial charge on any atom is -1.00 e. The third-order valence-electron chi connectivity index (χ3n) is 5.17. The van der Waals surface area contributed by atoms with Crippen LogP contribution in [0, 0.1) is 0 Å². The van der Waals surface area contributed by atoms with Gasteiger partial charge in [0.05, 0.1) is 16.7 Å². The van der Waals surface area contributed by atoms with Crippen LogP contribution in [0.25, 0.3) is 0 Å². The second-order valence-corrected chi connectivity index (χ2v) is 7.68. The molecule has 33 heavy (non-hydrogen) atoms. The average molecular weight is 494 g/mol. The molecule has 0 saturated carbocycles. The summed E-state index contributed by atoms with van der Waals surface area (Å²) in [6.45, 7) is 2.80. The van der Waals surface area contributed by atoms with Crippen LogP contribution in [0.1, 0.15) is 119 Å². The Morgan fingerprint density at radius 2 is 1.03 bits per heavy atom. The van der Waals surface area contributed by atoms with Crippen molar-refractivity contribution in [2.75, 3.05) is 11.9 Å². The number of carbonyl (C=O) groups is 3. The molecule has 1 aromatic rings. The first-order valence-corrected chi connectivity index (χ1v) is 11.0. The first kappa shape index (κ1) is 38.0. The molecular formula is C23H38NNa3O6. The van der Waals surface area contributed by atoms with Crippen LogP contribution in [0.15, 0.2) is 12.1 Å². The summed E-state index contributed by atoms with van der Waals surface area (Å²) in [7, 11) is 0. The maximum atomic E-state index is 11.4. The zero-order chi connectivity index (χ0) is 22.4. The van der Waals surface area contributed by atoms with Crippen molar-refractivity contribution in [3.8, 4) is 0 Å². The van der Waals surface area contributed by atoms with E-state index in [1.807, 2.05) is 0 Å². The van der Waals surface area contributed by atoms with Gasteiger partial charge in [-0.25, -0.2) is 14.4 Å².